The molecule has 0 saturated carbocycles. The van der Waals surface area contributed by atoms with E-state index in [2.05, 4.69) is 5.32 Å². The van der Waals surface area contributed by atoms with Gasteiger partial charge >= 0.3 is 0 Å². The van der Waals surface area contributed by atoms with E-state index in [0.717, 1.165) is 11.4 Å². The molecule has 0 aliphatic rings. The third kappa shape index (κ3) is 3.54. The fraction of sp³-hybridized carbons (Fsp3) is 0.235. The Morgan fingerprint density at radius 2 is 1.76 bits per heavy atom. The first-order valence-electron chi connectivity index (χ1n) is 7.10. The van der Waals surface area contributed by atoms with Gasteiger partial charge in [-0.1, -0.05) is 30.3 Å². The molecule has 4 heteroatoms. The third-order valence-corrected chi connectivity index (χ3v) is 3.48. The van der Waals surface area contributed by atoms with Crippen LogP contribution in [0, 0.1) is 0 Å². The van der Waals surface area contributed by atoms with Crippen LogP contribution in [0.15, 0.2) is 54.6 Å². The Morgan fingerprint density at radius 3 is 2.38 bits per heavy atom. The SMILES string of the molecule is CCN(c1ccccc1N)C(C)C(=O)Nc1ccccc1. The van der Waals surface area contributed by atoms with Gasteiger partial charge in [0.25, 0.3) is 0 Å². The maximum atomic E-state index is 12.4. The van der Waals surface area contributed by atoms with Crippen molar-refractivity contribution in [1.29, 1.82) is 0 Å². The van der Waals surface area contributed by atoms with Gasteiger partial charge in [-0.05, 0) is 38.1 Å². The quantitative estimate of drug-likeness (QED) is 0.829. The zero-order valence-corrected chi connectivity index (χ0v) is 12.4. The molecule has 0 heterocycles. The summed E-state index contributed by atoms with van der Waals surface area (Å²) in [6.45, 7) is 4.60. The van der Waals surface area contributed by atoms with Crippen LogP contribution in [-0.2, 0) is 4.79 Å². The molecule has 0 spiro atoms. The first-order valence-corrected chi connectivity index (χ1v) is 7.10. The normalized spacial score (nSPS) is 11.7. The number of nitrogens with one attached hydrogen (secondary N) is 1. The van der Waals surface area contributed by atoms with Crippen molar-refractivity contribution in [2.45, 2.75) is 19.9 Å². The van der Waals surface area contributed by atoms with Crippen LogP contribution in [-0.4, -0.2) is 18.5 Å². The fourth-order valence-corrected chi connectivity index (χ4v) is 2.31. The predicted octanol–water partition coefficient (Wildman–Crippen LogP) is 3.12. The number of carbonyl (C=O) groups is 1. The molecule has 2 aromatic carbocycles. The predicted molar refractivity (Wildman–Crippen MR) is 88.4 cm³/mol. The van der Waals surface area contributed by atoms with E-state index in [1.54, 1.807) is 0 Å². The zero-order chi connectivity index (χ0) is 15.2. The Morgan fingerprint density at radius 1 is 1.14 bits per heavy atom. The summed E-state index contributed by atoms with van der Waals surface area (Å²) < 4.78 is 0. The molecule has 2 aromatic rings. The van der Waals surface area contributed by atoms with Crippen LogP contribution in [0.25, 0.3) is 0 Å². The van der Waals surface area contributed by atoms with E-state index in [-0.39, 0.29) is 11.9 Å². The van der Waals surface area contributed by atoms with Gasteiger partial charge < -0.3 is 16.0 Å². The van der Waals surface area contributed by atoms with Crippen LogP contribution in [0.4, 0.5) is 17.1 Å². The number of hydrogen-bond acceptors (Lipinski definition) is 3. The summed E-state index contributed by atoms with van der Waals surface area (Å²) >= 11 is 0. The molecule has 0 aromatic heterocycles. The van der Waals surface area contributed by atoms with Crippen molar-refractivity contribution in [3.05, 3.63) is 54.6 Å². The maximum Gasteiger partial charge on any atom is 0.246 e. The van der Waals surface area contributed by atoms with Crippen molar-refractivity contribution in [2.24, 2.45) is 0 Å². The number of nitrogen functional groups attached to an aromatic ring is 1. The number of anilines is 3. The van der Waals surface area contributed by atoms with Gasteiger partial charge in [0, 0.05) is 12.2 Å². The third-order valence-electron chi connectivity index (χ3n) is 3.48. The minimum Gasteiger partial charge on any atom is -0.397 e. The number of carbonyl (C=O) groups excluding carboxylic acids is 1. The average molecular weight is 283 g/mol. The number of likely N-dealkylation sites (N-methyl/N-ethyl adjacent to an activating group) is 1. The number of rotatable bonds is 5. The number of para-hydroxylation sites is 3. The topological polar surface area (TPSA) is 58.4 Å². The smallest absolute Gasteiger partial charge is 0.246 e. The molecular weight excluding hydrogens is 262 g/mol. The molecule has 2 rings (SSSR count). The van der Waals surface area contributed by atoms with Crippen LogP contribution >= 0.6 is 0 Å². The van der Waals surface area contributed by atoms with Crippen molar-refractivity contribution in [3.8, 4) is 0 Å². The lowest BCUT2D eigenvalue weighted by molar-refractivity contribution is -0.117. The highest BCUT2D eigenvalue weighted by atomic mass is 16.2. The van der Waals surface area contributed by atoms with Gasteiger partial charge in [-0.3, -0.25) is 4.79 Å². The van der Waals surface area contributed by atoms with Crippen LogP contribution in [0.5, 0.6) is 0 Å². The fourth-order valence-electron chi connectivity index (χ4n) is 2.31. The van der Waals surface area contributed by atoms with Gasteiger partial charge in [0.15, 0.2) is 0 Å². The second-order valence-corrected chi connectivity index (χ2v) is 4.88. The monoisotopic (exact) mass is 283 g/mol. The standard InChI is InChI=1S/C17H21N3O/c1-3-20(16-12-8-7-11-15(16)18)13(2)17(21)19-14-9-5-4-6-10-14/h4-13H,3,18H2,1-2H3,(H,19,21). The average Bonchev–Trinajstić information content (AvgIpc) is 2.50. The number of benzene rings is 2. The van der Waals surface area contributed by atoms with E-state index in [1.807, 2.05) is 73.3 Å². The Balaban J connectivity index is 2.15. The van der Waals surface area contributed by atoms with Crippen molar-refractivity contribution in [2.75, 3.05) is 22.5 Å². The molecule has 0 bridgehead atoms. The number of amides is 1. The second-order valence-electron chi connectivity index (χ2n) is 4.88. The molecule has 110 valence electrons. The minimum absolute atomic E-state index is 0.0497. The van der Waals surface area contributed by atoms with Gasteiger partial charge in [-0.25, -0.2) is 0 Å². The highest BCUT2D eigenvalue weighted by molar-refractivity contribution is 5.97. The van der Waals surface area contributed by atoms with Gasteiger partial charge in [0.05, 0.1) is 11.4 Å². The molecular formula is C17H21N3O. The summed E-state index contributed by atoms with van der Waals surface area (Å²) in [5, 5.41) is 2.92. The summed E-state index contributed by atoms with van der Waals surface area (Å²) in [5.74, 6) is -0.0497. The molecule has 0 aliphatic carbocycles. The van der Waals surface area contributed by atoms with Crippen LogP contribution in [0.3, 0.4) is 0 Å². The Kier molecular flexibility index (Phi) is 4.82. The number of hydrogen-bond donors (Lipinski definition) is 2. The summed E-state index contributed by atoms with van der Waals surface area (Å²) in [5.41, 5.74) is 8.38. The Labute approximate surface area is 125 Å². The molecule has 1 amide bonds. The molecule has 4 nitrogen and oxygen atoms in total. The van der Waals surface area contributed by atoms with Crippen molar-refractivity contribution in [1.82, 2.24) is 0 Å². The lowest BCUT2D eigenvalue weighted by atomic mass is 10.2. The van der Waals surface area contributed by atoms with Gasteiger partial charge in [-0.2, -0.15) is 0 Å². The van der Waals surface area contributed by atoms with Gasteiger partial charge in [0.1, 0.15) is 6.04 Å². The largest absolute Gasteiger partial charge is 0.397 e. The van der Waals surface area contributed by atoms with E-state index < -0.39 is 0 Å². The van der Waals surface area contributed by atoms with E-state index in [9.17, 15) is 4.79 Å². The van der Waals surface area contributed by atoms with E-state index in [4.69, 9.17) is 5.73 Å². The van der Waals surface area contributed by atoms with Crippen LogP contribution in [0.2, 0.25) is 0 Å². The molecule has 21 heavy (non-hydrogen) atoms. The number of nitrogens with zero attached hydrogens (tertiary/aromatic N) is 1. The van der Waals surface area contributed by atoms with E-state index >= 15 is 0 Å². The molecule has 0 radical (unpaired) electrons. The molecule has 0 aliphatic heterocycles. The minimum atomic E-state index is -0.306. The summed E-state index contributed by atoms with van der Waals surface area (Å²) in [4.78, 5) is 14.4. The zero-order valence-electron chi connectivity index (χ0n) is 12.4. The molecule has 1 unspecified atom stereocenters. The summed E-state index contributed by atoms with van der Waals surface area (Å²) in [6.07, 6.45) is 0. The van der Waals surface area contributed by atoms with Crippen LogP contribution in [0.1, 0.15) is 13.8 Å². The molecule has 1 atom stereocenters. The summed E-state index contributed by atoms with van der Waals surface area (Å²) in [7, 11) is 0. The van der Waals surface area contributed by atoms with E-state index in [1.165, 1.54) is 0 Å². The first-order chi connectivity index (χ1) is 10.1. The highest BCUT2D eigenvalue weighted by Gasteiger charge is 2.21. The molecule has 0 fully saturated rings. The molecule has 3 N–H and O–H groups in total. The lowest BCUT2D eigenvalue weighted by Gasteiger charge is -2.30. The van der Waals surface area contributed by atoms with Gasteiger partial charge in [-0.15, -0.1) is 0 Å². The van der Waals surface area contributed by atoms with Crippen molar-refractivity contribution in [3.63, 3.8) is 0 Å². The van der Waals surface area contributed by atoms with Crippen molar-refractivity contribution < 1.29 is 4.79 Å². The molecule has 0 saturated heterocycles. The van der Waals surface area contributed by atoms with Crippen LogP contribution < -0.4 is 16.0 Å². The maximum absolute atomic E-state index is 12.4. The Bertz CT molecular complexity index is 598. The summed E-state index contributed by atoms with van der Waals surface area (Å²) in [6, 6.07) is 16.8. The highest BCUT2D eigenvalue weighted by Crippen LogP contribution is 2.24. The Hall–Kier alpha value is -2.49. The lowest BCUT2D eigenvalue weighted by Crippen LogP contribution is -2.42. The van der Waals surface area contributed by atoms with Crippen molar-refractivity contribution >= 4 is 23.0 Å². The first kappa shape index (κ1) is 14.9. The van der Waals surface area contributed by atoms with Gasteiger partial charge in [0.2, 0.25) is 5.91 Å². The second kappa shape index (κ2) is 6.79. The number of nitrogens with two attached hydrogens (primary N) is 1. The van der Waals surface area contributed by atoms with E-state index in [0.29, 0.717) is 12.2 Å².